The summed E-state index contributed by atoms with van der Waals surface area (Å²) >= 11 is 1.41. The quantitative estimate of drug-likeness (QED) is 0.888. The van der Waals surface area contributed by atoms with Crippen LogP contribution in [0.4, 0.5) is 5.13 Å². The molecule has 1 aromatic carbocycles. The van der Waals surface area contributed by atoms with Crippen molar-refractivity contribution >= 4 is 32.6 Å². The van der Waals surface area contributed by atoms with Crippen LogP contribution in [0.5, 0.6) is 5.75 Å². The van der Waals surface area contributed by atoms with Crippen molar-refractivity contribution < 1.29 is 9.53 Å². The predicted octanol–water partition coefficient (Wildman–Crippen LogP) is 2.62. The molecule has 0 aliphatic rings. The molecule has 1 heterocycles. The Morgan fingerprint density at radius 3 is 2.90 bits per heavy atom. The van der Waals surface area contributed by atoms with Gasteiger partial charge in [-0.25, -0.2) is 4.98 Å². The minimum Gasteiger partial charge on any atom is -0.497 e. The van der Waals surface area contributed by atoms with E-state index in [1.165, 1.54) is 11.3 Å². The topological polar surface area (TPSA) is 77.2 Å². The molecule has 0 fully saturated rings. The maximum Gasteiger partial charge on any atom is 0.243 e. The van der Waals surface area contributed by atoms with E-state index in [0.717, 1.165) is 16.0 Å². The largest absolute Gasteiger partial charge is 0.497 e. The number of aromatic nitrogens is 1. The van der Waals surface area contributed by atoms with Crippen LogP contribution in [0, 0.1) is 5.92 Å². The normalized spacial score (nSPS) is 12.7. The van der Waals surface area contributed by atoms with Gasteiger partial charge in [-0.15, -0.1) is 0 Å². The Hall–Kier alpha value is -1.66. The van der Waals surface area contributed by atoms with Crippen molar-refractivity contribution in [3.8, 4) is 5.75 Å². The molecule has 0 aliphatic carbocycles. The van der Waals surface area contributed by atoms with E-state index >= 15 is 0 Å². The van der Waals surface area contributed by atoms with E-state index in [-0.39, 0.29) is 5.91 Å². The molecule has 3 N–H and O–H groups in total. The molecule has 1 amide bonds. The second kappa shape index (κ2) is 6.19. The molecule has 1 aromatic heterocycles. The molecule has 5 nitrogen and oxygen atoms in total. The summed E-state index contributed by atoms with van der Waals surface area (Å²) in [6.07, 6.45) is 0.657. The van der Waals surface area contributed by atoms with Crippen molar-refractivity contribution in [1.82, 2.24) is 4.98 Å². The Balaban J connectivity index is 2.11. The van der Waals surface area contributed by atoms with Gasteiger partial charge in [0.2, 0.25) is 5.91 Å². The molecule has 0 aliphatic heterocycles. The monoisotopic (exact) mass is 293 g/mol. The van der Waals surface area contributed by atoms with E-state index in [1.54, 1.807) is 7.11 Å². The summed E-state index contributed by atoms with van der Waals surface area (Å²) in [6.45, 7) is 4.08. The highest BCUT2D eigenvalue weighted by Crippen LogP contribution is 2.29. The van der Waals surface area contributed by atoms with Gasteiger partial charge in [-0.05, 0) is 30.5 Å². The fourth-order valence-corrected chi connectivity index (χ4v) is 2.80. The van der Waals surface area contributed by atoms with Crippen LogP contribution in [0.3, 0.4) is 0 Å². The zero-order valence-electron chi connectivity index (χ0n) is 11.8. The Morgan fingerprint density at radius 1 is 1.50 bits per heavy atom. The number of nitrogens with one attached hydrogen (secondary N) is 1. The van der Waals surface area contributed by atoms with E-state index in [9.17, 15) is 4.79 Å². The first-order chi connectivity index (χ1) is 9.49. The van der Waals surface area contributed by atoms with Crippen LogP contribution in [-0.4, -0.2) is 24.0 Å². The molecule has 1 unspecified atom stereocenters. The maximum absolute atomic E-state index is 12.0. The zero-order chi connectivity index (χ0) is 14.7. The van der Waals surface area contributed by atoms with Crippen LogP contribution in [0.15, 0.2) is 18.2 Å². The van der Waals surface area contributed by atoms with Gasteiger partial charge in [-0.2, -0.15) is 0 Å². The Kier molecular flexibility index (Phi) is 4.57. The second-order valence-corrected chi connectivity index (χ2v) is 6.11. The summed E-state index contributed by atoms with van der Waals surface area (Å²) in [5.74, 6) is 0.968. The Morgan fingerprint density at radius 2 is 2.25 bits per heavy atom. The molecule has 2 rings (SSSR count). The van der Waals surface area contributed by atoms with Gasteiger partial charge in [0, 0.05) is 0 Å². The number of methoxy groups -OCH3 is 1. The van der Waals surface area contributed by atoms with Crippen molar-refractivity contribution in [3.05, 3.63) is 18.2 Å². The minimum atomic E-state index is -0.503. The van der Waals surface area contributed by atoms with Crippen LogP contribution < -0.4 is 15.8 Å². The molecule has 2 aromatic rings. The fourth-order valence-electron chi connectivity index (χ4n) is 1.90. The van der Waals surface area contributed by atoms with Crippen LogP contribution in [0.1, 0.15) is 20.3 Å². The molecular formula is C14H19N3O2S. The SMILES string of the molecule is COc1ccc2nc(NC(=O)C(N)CC(C)C)sc2c1. The average molecular weight is 293 g/mol. The average Bonchev–Trinajstić information content (AvgIpc) is 2.78. The van der Waals surface area contributed by atoms with Crippen molar-refractivity contribution in [1.29, 1.82) is 0 Å². The van der Waals surface area contributed by atoms with Crippen molar-refractivity contribution in [2.24, 2.45) is 11.7 Å². The van der Waals surface area contributed by atoms with Crippen molar-refractivity contribution in [3.63, 3.8) is 0 Å². The van der Waals surface area contributed by atoms with E-state index in [4.69, 9.17) is 10.5 Å². The summed E-state index contributed by atoms with van der Waals surface area (Å²) in [6, 6.07) is 5.11. The van der Waals surface area contributed by atoms with Gasteiger partial charge in [0.1, 0.15) is 5.75 Å². The van der Waals surface area contributed by atoms with E-state index in [0.29, 0.717) is 17.5 Å². The minimum absolute atomic E-state index is 0.190. The third-order valence-corrected chi connectivity index (χ3v) is 3.82. The first-order valence-electron chi connectivity index (χ1n) is 6.50. The molecule has 1 atom stereocenters. The number of rotatable bonds is 5. The van der Waals surface area contributed by atoms with Crippen LogP contribution >= 0.6 is 11.3 Å². The number of benzene rings is 1. The Bertz CT molecular complexity index is 609. The summed E-state index contributed by atoms with van der Waals surface area (Å²) < 4.78 is 6.14. The number of ether oxygens (including phenoxy) is 1. The van der Waals surface area contributed by atoms with Crippen molar-refractivity contribution in [2.45, 2.75) is 26.3 Å². The van der Waals surface area contributed by atoms with Gasteiger partial charge in [0.15, 0.2) is 5.13 Å². The van der Waals surface area contributed by atoms with Gasteiger partial charge in [0.25, 0.3) is 0 Å². The number of carbonyl (C=O) groups is 1. The summed E-state index contributed by atoms with van der Waals surface area (Å²) in [4.78, 5) is 16.3. The van der Waals surface area contributed by atoms with Gasteiger partial charge in [0.05, 0.1) is 23.4 Å². The van der Waals surface area contributed by atoms with Gasteiger partial charge >= 0.3 is 0 Å². The lowest BCUT2D eigenvalue weighted by molar-refractivity contribution is -0.117. The Labute approximate surface area is 122 Å². The zero-order valence-corrected chi connectivity index (χ0v) is 12.7. The number of fused-ring (bicyclic) bond motifs is 1. The molecule has 0 spiro atoms. The number of anilines is 1. The molecule has 0 radical (unpaired) electrons. The lowest BCUT2D eigenvalue weighted by atomic mass is 10.0. The first-order valence-corrected chi connectivity index (χ1v) is 7.32. The van der Waals surface area contributed by atoms with Gasteiger partial charge in [-0.1, -0.05) is 25.2 Å². The standard InChI is InChI=1S/C14H19N3O2S/c1-8(2)6-10(15)13(18)17-14-16-11-5-4-9(19-3)7-12(11)20-14/h4-5,7-8,10H,6,15H2,1-3H3,(H,16,17,18). The lowest BCUT2D eigenvalue weighted by Gasteiger charge is -2.12. The smallest absolute Gasteiger partial charge is 0.243 e. The summed E-state index contributed by atoms with van der Waals surface area (Å²) in [5.41, 5.74) is 6.69. The number of nitrogens with zero attached hydrogens (tertiary/aromatic N) is 1. The van der Waals surface area contributed by atoms with Crippen LogP contribution in [0.2, 0.25) is 0 Å². The highest BCUT2D eigenvalue weighted by atomic mass is 32.1. The fraction of sp³-hybridized carbons (Fsp3) is 0.429. The van der Waals surface area contributed by atoms with Crippen LogP contribution in [0.25, 0.3) is 10.2 Å². The van der Waals surface area contributed by atoms with E-state index in [1.807, 2.05) is 32.0 Å². The highest BCUT2D eigenvalue weighted by molar-refractivity contribution is 7.22. The summed E-state index contributed by atoms with van der Waals surface area (Å²) in [5, 5.41) is 3.34. The highest BCUT2D eigenvalue weighted by Gasteiger charge is 2.16. The van der Waals surface area contributed by atoms with E-state index < -0.39 is 6.04 Å². The first kappa shape index (κ1) is 14.7. The number of nitrogens with two attached hydrogens (primary N) is 1. The van der Waals surface area contributed by atoms with Crippen molar-refractivity contribution in [2.75, 3.05) is 12.4 Å². The van der Waals surface area contributed by atoms with Crippen LogP contribution in [-0.2, 0) is 4.79 Å². The predicted molar refractivity (Wildman–Crippen MR) is 82.2 cm³/mol. The lowest BCUT2D eigenvalue weighted by Crippen LogP contribution is -2.36. The molecule has 6 heteroatoms. The molecule has 108 valence electrons. The molecular weight excluding hydrogens is 274 g/mol. The number of amides is 1. The third kappa shape index (κ3) is 3.46. The van der Waals surface area contributed by atoms with E-state index in [2.05, 4.69) is 10.3 Å². The molecule has 0 saturated heterocycles. The number of carbonyl (C=O) groups excluding carboxylic acids is 1. The van der Waals surface area contributed by atoms with Gasteiger partial charge in [-0.3, -0.25) is 4.79 Å². The number of hydrogen-bond donors (Lipinski definition) is 2. The summed E-state index contributed by atoms with van der Waals surface area (Å²) in [7, 11) is 1.62. The number of thiazole rings is 1. The molecule has 0 bridgehead atoms. The third-order valence-electron chi connectivity index (χ3n) is 2.89. The number of hydrogen-bond acceptors (Lipinski definition) is 5. The molecule has 20 heavy (non-hydrogen) atoms. The molecule has 0 saturated carbocycles. The maximum atomic E-state index is 12.0. The van der Waals surface area contributed by atoms with Gasteiger partial charge < -0.3 is 15.8 Å². The second-order valence-electron chi connectivity index (χ2n) is 5.08.